The van der Waals surface area contributed by atoms with Gasteiger partial charge in [0.15, 0.2) is 10.8 Å². The predicted octanol–water partition coefficient (Wildman–Crippen LogP) is -0.790. The van der Waals surface area contributed by atoms with Crippen molar-refractivity contribution in [1.82, 2.24) is 0 Å². The summed E-state index contributed by atoms with van der Waals surface area (Å²) in [4.78, 5) is 2.85. The summed E-state index contributed by atoms with van der Waals surface area (Å²) in [5.74, 6) is -1.14. The number of nitriles is 2. The highest BCUT2D eigenvalue weighted by Gasteiger charge is 2.96. The maximum atomic E-state index is 9.94. The number of benzene rings is 1. The van der Waals surface area contributed by atoms with E-state index in [1.165, 1.54) is 14.2 Å². The lowest BCUT2D eigenvalue weighted by molar-refractivity contribution is -0.687. The molecule has 0 amide bonds. The molecular formula is C16H17N4O3+. The zero-order chi connectivity index (χ0) is 16.9. The molecule has 0 radical (unpaired) electrons. The second-order valence-corrected chi connectivity index (χ2v) is 5.61. The Kier molecular flexibility index (Phi) is 3.12. The molecule has 1 heterocycles. The predicted molar refractivity (Wildman–Crippen MR) is 78.7 cm³/mol. The minimum Gasteiger partial charge on any atom is -0.497 e. The quantitative estimate of drug-likeness (QED) is 0.704. The summed E-state index contributed by atoms with van der Waals surface area (Å²) in [7, 11) is 4.39. The Morgan fingerprint density at radius 3 is 2.39 bits per heavy atom. The molecule has 1 aliphatic heterocycles. The van der Waals surface area contributed by atoms with Gasteiger partial charge in [-0.3, -0.25) is 5.73 Å². The molecule has 3 atom stereocenters. The van der Waals surface area contributed by atoms with Gasteiger partial charge in [0.2, 0.25) is 0 Å². The van der Waals surface area contributed by atoms with E-state index in [0.717, 1.165) is 5.56 Å². The Morgan fingerprint density at radius 2 is 1.87 bits per heavy atom. The number of nitrogens with two attached hydrogens (primary N) is 1. The standard InChI is InChI=1S/C16H16N4O3/c1-21-11-6-4-5-10(7-11)12-14(8-17)13(19)20-16(22-2,23-3)15(12,14)9-18/h4-7,12H,1-3H3,(H2,19,20)/p+1/t12-,14-,15-/m1/s1. The largest absolute Gasteiger partial charge is 0.497 e. The fourth-order valence-electron chi connectivity index (χ4n) is 3.93. The van der Waals surface area contributed by atoms with Crippen LogP contribution in [0.3, 0.4) is 0 Å². The van der Waals surface area contributed by atoms with Gasteiger partial charge in [-0.2, -0.15) is 10.5 Å². The molecule has 1 fully saturated rings. The molecule has 118 valence electrons. The second-order valence-electron chi connectivity index (χ2n) is 5.61. The molecule has 1 aliphatic carbocycles. The van der Waals surface area contributed by atoms with E-state index in [-0.39, 0.29) is 5.84 Å². The van der Waals surface area contributed by atoms with E-state index >= 15 is 0 Å². The summed E-state index contributed by atoms with van der Waals surface area (Å²) in [6, 6.07) is 11.7. The lowest BCUT2D eigenvalue weighted by atomic mass is 9.93. The van der Waals surface area contributed by atoms with Crippen LogP contribution in [0.4, 0.5) is 0 Å². The molecular weight excluding hydrogens is 296 g/mol. The Bertz CT molecular complexity index is 774. The van der Waals surface area contributed by atoms with E-state index in [1.54, 1.807) is 19.2 Å². The van der Waals surface area contributed by atoms with Crippen LogP contribution in [0, 0.1) is 33.5 Å². The average Bonchev–Trinajstić information content (AvgIpc) is 3.18. The van der Waals surface area contributed by atoms with Gasteiger partial charge in [0.1, 0.15) is 5.75 Å². The third-order valence-electron chi connectivity index (χ3n) is 5.00. The van der Waals surface area contributed by atoms with E-state index in [4.69, 9.17) is 19.9 Å². The zero-order valence-corrected chi connectivity index (χ0v) is 13.1. The van der Waals surface area contributed by atoms with E-state index in [2.05, 4.69) is 17.1 Å². The summed E-state index contributed by atoms with van der Waals surface area (Å²) in [5, 5.41) is 19.8. The number of nitrogens with one attached hydrogen (secondary N) is 1. The van der Waals surface area contributed by atoms with E-state index in [0.29, 0.717) is 5.75 Å². The minimum atomic E-state index is -1.48. The molecule has 0 aromatic heterocycles. The van der Waals surface area contributed by atoms with Crippen molar-refractivity contribution in [3.8, 4) is 17.9 Å². The topological polar surface area (TPSA) is 115 Å². The van der Waals surface area contributed by atoms with Crippen molar-refractivity contribution >= 4 is 5.84 Å². The molecule has 3 N–H and O–H groups in total. The van der Waals surface area contributed by atoms with Crippen molar-refractivity contribution in [2.75, 3.05) is 21.3 Å². The SMILES string of the molecule is COc1cccc([C@@H]2[C@]3(C#N)C(N)=[NH+]C(OC)(OC)[C@]23C#N)c1. The summed E-state index contributed by atoms with van der Waals surface area (Å²) in [6.45, 7) is 0. The fourth-order valence-corrected chi connectivity index (χ4v) is 3.93. The van der Waals surface area contributed by atoms with Crippen LogP contribution in [-0.2, 0) is 9.47 Å². The Balaban J connectivity index is 2.23. The third-order valence-corrected chi connectivity index (χ3v) is 5.00. The van der Waals surface area contributed by atoms with Crippen molar-refractivity contribution in [2.45, 2.75) is 11.8 Å². The highest BCUT2D eigenvalue weighted by Crippen LogP contribution is 2.78. The van der Waals surface area contributed by atoms with Crippen molar-refractivity contribution < 1.29 is 19.2 Å². The van der Waals surface area contributed by atoms with Crippen LogP contribution in [0.2, 0.25) is 0 Å². The number of ether oxygens (including phenoxy) is 3. The maximum Gasteiger partial charge on any atom is 0.342 e. The molecule has 0 spiro atoms. The first-order valence-corrected chi connectivity index (χ1v) is 7.01. The molecule has 1 saturated carbocycles. The Hall–Kier alpha value is -2.61. The molecule has 0 saturated heterocycles. The molecule has 0 bridgehead atoms. The molecule has 3 rings (SSSR count). The number of hydrogen-bond donors (Lipinski definition) is 2. The average molecular weight is 313 g/mol. The summed E-state index contributed by atoms with van der Waals surface area (Å²) < 4.78 is 16.2. The first-order valence-electron chi connectivity index (χ1n) is 7.01. The monoisotopic (exact) mass is 313 g/mol. The molecule has 23 heavy (non-hydrogen) atoms. The molecule has 7 nitrogen and oxygen atoms in total. The molecule has 1 aromatic rings. The van der Waals surface area contributed by atoms with Crippen molar-refractivity contribution in [3.05, 3.63) is 29.8 Å². The van der Waals surface area contributed by atoms with E-state index in [9.17, 15) is 10.5 Å². The summed E-state index contributed by atoms with van der Waals surface area (Å²) in [6.07, 6.45) is 0. The second kappa shape index (κ2) is 4.69. The van der Waals surface area contributed by atoms with Crippen LogP contribution in [0.15, 0.2) is 24.3 Å². The van der Waals surface area contributed by atoms with Crippen molar-refractivity contribution in [1.29, 1.82) is 10.5 Å². The molecule has 0 unspecified atom stereocenters. The molecule has 2 aliphatic rings. The van der Waals surface area contributed by atoms with Crippen LogP contribution < -0.4 is 15.5 Å². The normalized spacial score (nSPS) is 33.1. The first-order chi connectivity index (χ1) is 11.0. The lowest BCUT2D eigenvalue weighted by Crippen LogP contribution is -2.90. The van der Waals surface area contributed by atoms with Crippen LogP contribution in [-0.4, -0.2) is 33.1 Å². The van der Waals surface area contributed by atoms with E-state index in [1.807, 2.05) is 12.1 Å². The number of rotatable bonds is 4. The highest BCUT2D eigenvalue weighted by molar-refractivity contribution is 5.95. The maximum absolute atomic E-state index is 9.94. The van der Waals surface area contributed by atoms with E-state index < -0.39 is 22.7 Å². The summed E-state index contributed by atoms with van der Waals surface area (Å²) in [5.41, 5.74) is 4.36. The van der Waals surface area contributed by atoms with Gasteiger partial charge in [-0.05, 0) is 17.7 Å². The number of amidine groups is 1. The van der Waals surface area contributed by atoms with Gasteiger partial charge >= 0.3 is 5.91 Å². The van der Waals surface area contributed by atoms with Gasteiger partial charge in [-0.1, -0.05) is 12.1 Å². The Morgan fingerprint density at radius 1 is 1.17 bits per heavy atom. The van der Waals surface area contributed by atoms with Crippen molar-refractivity contribution in [3.63, 3.8) is 0 Å². The smallest absolute Gasteiger partial charge is 0.342 e. The number of fused-ring (bicyclic) bond motifs is 1. The van der Waals surface area contributed by atoms with Gasteiger partial charge in [0.25, 0.3) is 5.84 Å². The molecule has 1 aromatic carbocycles. The molecule has 7 heteroatoms. The number of hydrogen-bond acceptors (Lipinski definition) is 6. The van der Waals surface area contributed by atoms with Gasteiger partial charge < -0.3 is 14.2 Å². The number of nitrogens with zero attached hydrogens (tertiary/aromatic N) is 2. The Labute approximate surface area is 133 Å². The minimum absolute atomic E-state index is 0.179. The third kappa shape index (κ3) is 1.41. The lowest BCUT2D eigenvalue weighted by Gasteiger charge is -2.26. The fraction of sp³-hybridized carbons (Fsp3) is 0.438. The van der Waals surface area contributed by atoms with Crippen LogP contribution in [0.5, 0.6) is 5.75 Å². The summed E-state index contributed by atoms with van der Waals surface area (Å²) >= 11 is 0. The van der Waals surface area contributed by atoms with Crippen molar-refractivity contribution in [2.24, 2.45) is 16.6 Å². The number of methoxy groups -OCH3 is 3. The van der Waals surface area contributed by atoms with Gasteiger partial charge in [0, 0.05) is 20.1 Å². The van der Waals surface area contributed by atoms with Gasteiger partial charge in [-0.25, -0.2) is 4.99 Å². The first kappa shape index (κ1) is 15.3. The van der Waals surface area contributed by atoms with Gasteiger partial charge in [-0.15, -0.1) is 0 Å². The highest BCUT2D eigenvalue weighted by atomic mass is 16.7. The zero-order valence-electron chi connectivity index (χ0n) is 13.1. The van der Waals surface area contributed by atoms with Gasteiger partial charge in [0.05, 0.1) is 19.2 Å². The van der Waals surface area contributed by atoms with Crippen LogP contribution in [0.1, 0.15) is 11.5 Å². The van der Waals surface area contributed by atoms with Crippen LogP contribution >= 0.6 is 0 Å². The van der Waals surface area contributed by atoms with Crippen LogP contribution in [0.25, 0.3) is 0 Å².